The van der Waals surface area contributed by atoms with Gasteiger partial charge in [0.05, 0.1) is 0 Å². The number of aryl methyl sites for hydroxylation is 1. The fraction of sp³-hybridized carbons (Fsp3) is 0.632. The molecule has 0 amide bonds. The summed E-state index contributed by atoms with van der Waals surface area (Å²) in [5.41, 5.74) is 1.25. The number of carbonyl (C=O) groups is 1. The Morgan fingerprint density at radius 1 is 1.17 bits per heavy atom. The molecule has 1 saturated heterocycles. The van der Waals surface area contributed by atoms with E-state index in [2.05, 4.69) is 29.3 Å². The van der Waals surface area contributed by atoms with Crippen molar-refractivity contribution >= 4 is 6.29 Å². The summed E-state index contributed by atoms with van der Waals surface area (Å²) in [5, 5.41) is 2.75. The highest BCUT2D eigenvalue weighted by atomic mass is 16.5. The first-order valence-corrected chi connectivity index (χ1v) is 8.63. The molecule has 1 heterocycles. The topological polar surface area (TPSA) is 41.6 Å². The second-order valence-electron chi connectivity index (χ2n) is 5.55. The molecule has 4 heteroatoms. The third-order valence-electron chi connectivity index (χ3n) is 3.57. The first kappa shape index (κ1) is 21.6. The van der Waals surface area contributed by atoms with Crippen LogP contribution in [0, 0.1) is 12.8 Å². The molecular formula is C19H34N2O2. The van der Waals surface area contributed by atoms with E-state index in [1.807, 2.05) is 40.1 Å². The van der Waals surface area contributed by atoms with Gasteiger partial charge >= 0.3 is 0 Å². The van der Waals surface area contributed by atoms with Crippen molar-refractivity contribution in [2.75, 3.05) is 33.9 Å². The number of rotatable bonds is 5. The molecule has 1 aliphatic heterocycles. The molecule has 1 aromatic carbocycles. The summed E-state index contributed by atoms with van der Waals surface area (Å²) in [6, 6.07) is 8.14. The third-order valence-corrected chi connectivity index (χ3v) is 3.57. The fourth-order valence-electron chi connectivity index (χ4n) is 2.29. The van der Waals surface area contributed by atoms with E-state index in [9.17, 15) is 4.79 Å². The molecule has 0 unspecified atom stereocenters. The maximum absolute atomic E-state index is 10.5. The molecule has 1 aromatic rings. The van der Waals surface area contributed by atoms with Crippen LogP contribution >= 0.6 is 0 Å². The summed E-state index contributed by atoms with van der Waals surface area (Å²) in [6.45, 7) is 8.78. The van der Waals surface area contributed by atoms with Gasteiger partial charge in [0.2, 0.25) is 0 Å². The van der Waals surface area contributed by atoms with Gasteiger partial charge in [-0.1, -0.05) is 31.5 Å². The zero-order chi connectivity index (χ0) is 17.5. The Balaban J connectivity index is 0.000000868. The second kappa shape index (κ2) is 14.2. The number of hydrogen-bond donors (Lipinski definition) is 1. The molecule has 0 spiro atoms. The normalized spacial score (nSPS) is 14.8. The van der Waals surface area contributed by atoms with Gasteiger partial charge in [0.25, 0.3) is 0 Å². The minimum absolute atomic E-state index is 0.582. The van der Waals surface area contributed by atoms with E-state index in [0.717, 1.165) is 38.0 Å². The smallest absolute Gasteiger partial charge is 0.142 e. The summed E-state index contributed by atoms with van der Waals surface area (Å²) < 4.78 is 5.75. The Kier molecular flexibility index (Phi) is 13.4. The first-order chi connectivity index (χ1) is 11.2. The van der Waals surface area contributed by atoms with Crippen LogP contribution in [0.15, 0.2) is 24.3 Å². The van der Waals surface area contributed by atoms with Gasteiger partial charge in [-0.2, -0.15) is 0 Å². The fourth-order valence-corrected chi connectivity index (χ4v) is 2.29. The predicted molar refractivity (Wildman–Crippen MR) is 98.0 cm³/mol. The monoisotopic (exact) mass is 322 g/mol. The van der Waals surface area contributed by atoms with E-state index in [1.165, 1.54) is 5.56 Å². The molecule has 0 aliphatic carbocycles. The minimum Gasteiger partial charge on any atom is -0.478 e. The van der Waals surface area contributed by atoms with Gasteiger partial charge in [0.15, 0.2) is 0 Å². The average molecular weight is 322 g/mol. The lowest BCUT2D eigenvalue weighted by atomic mass is 9.94. The molecule has 4 nitrogen and oxygen atoms in total. The number of hydrogen-bond acceptors (Lipinski definition) is 4. The van der Waals surface area contributed by atoms with Crippen LogP contribution in [-0.2, 0) is 4.79 Å². The molecule has 0 saturated carbocycles. The van der Waals surface area contributed by atoms with Crippen molar-refractivity contribution in [2.45, 2.75) is 40.0 Å². The number of nitrogens with one attached hydrogen (secondary N) is 1. The molecule has 132 valence electrons. The molecule has 1 fully saturated rings. The second-order valence-corrected chi connectivity index (χ2v) is 5.55. The third kappa shape index (κ3) is 10.1. The largest absolute Gasteiger partial charge is 0.478 e. The van der Waals surface area contributed by atoms with E-state index < -0.39 is 0 Å². The van der Waals surface area contributed by atoms with Gasteiger partial charge in [-0.15, -0.1) is 0 Å². The molecule has 2 rings (SSSR count). The Hall–Kier alpha value is -1.39. The maximum Gasteiger partial charge on any atom is 0.142 e. The van der Waals surface area contributed by atoms with Gasteiger partial charge in [0.1, 0.15) is 18.8 Å². The van der Waals surface area contributed by atoms with Crippen LogP contribution in [0.1, 0.15) is 38.7 Å². The van der Waals surface area contributed by atoms with Crippen molar-refractivity contribution in [3.8, 4) is 5.75 Å². The van der Waals surface area contributed by atoms with Crippen LogP contribution in [-0.4, -0.2) is 45.1 Å². The molecule has 0 radical (unpaired) electrons. The maximum atomic E-state index is 10.5. The lowest BCUT2D eigenvalue weighted by molar-refractivity contribution is -0.109. The van der Waals surface area contributed by atoms with Gasteiger partial charge in [-0.3, -0.25) is 4.90 Å². The predicted octanol–water partition coefficient (Wildman–Crippen LogP) is 3.49. The molecule has 1 N–H and O–H groups in total. The number of carbonyl (C=O) groups excluding carboxylic acids is 1. The highest BCUT2D eigenvalue weighted by molar-refractivity contribution is 5.49. The summed E-state index contributed by atoms with van der Waals surface area (Å²) in [4.78, 5) is 12.8. The van der Waals surface area contributed by atoms with Crippen LogP contribution in [0.4, 0.5) is 0 Å². The van der Waals surface area contributed by atoms with Crippen molar-refractivity contribution in [1.29, 1.82) is 0 Å². The Labute approximate surface area is 142 Å². The van der Waals surface area contributed by atoms with Gasteiger partial charge < -0.3 is 14.8 Å². The van der Waals surface area contributed by atoms with E-state index in [4.69, 9.17) is 4.74 Å². The highest BCUT2D eigenvalue weighted by Crippen LogP contribution is 2.20. The zero-order valence-electron chi connectivity index (χ0n) is 15.5. The van der Waals surface area contributed by atoms with Crippen LogP contribution < -0.4 is 10.1 Å². The summed E-state index contributed by atoms with van der Waals surface area (Å²) in [7, 11) is 3.75. The van der Waals surface area contributed by atoms with Crippen LogP contribution in [0.25, 0.3) is 0 Å². The van der Waals surface area contributed by atoms with Gasteiger partial charge in [0, 0.05) is 19.5 Å². The summed E-state index contributed by atoms with van der Waals surface area (Å²) in [6.07, 6.45) is 3.97. The van der Waals surface area contributed by atoms with Crippen LogP contribution in [0.3, 0.4) is 0 Å². The first-order valence-electron chi connectivity index (χ1n) is 8.63. The minimum atomic E-state index is 0.582. The van der Waals surface area contributed by atoms with Crippen LogP contribution in [0.2, 0.25) is 0 Å². The van der Waals surface area contributed by atoms with Crippen molar-refractivity contribution in [3.63, 3.8) is 0 Å². The van der Waals surface area contributed by atoms with Gasteiger partial charge in [-0.25, -0.2) is 0 Å². The molecule has 1 aliphatic rings. The Morgan fingerprint density at radius 2 is 1.70 bits per heavy atom. The van der Waals surface area contributed by atoms with Crippen molar-refractivity contribution in [3.05, 3.63) is 29.8 Å². The lowest BCUT2D eigenvalue weighted by Crippen LogP contribution is -2.36. The Morgan fingerprint density at radius 3 is 2.17 bits per heavy atom. The molecule has 0 aromatic heterocycles. The van der Waals surface area contributed by atoms with E-state index in [1.54, 1.807) is 0 Å². The number of piperidine rings is 1. The van der Waals surface area contributed by atoms with Crippen molar-refractivity contribution in [2.24, 2.45) is 5.92 Å². The standard InChI is InChI=1S/C15H21NO2.C2H7N.C2H6/c1-13-2-4-15(5-3-13)18-12-16-9-6-14(7-10-16)8-11-17;1-3-2;1-2/h2-5,11,14H,6-10,12H2,1H3;3H,1-2H3;1-2H3. The average Bonchev–Trinajstić information content (AvgIpc) is 2.58. The number of likely N-dealkylation sites (tertiary alicyclic amines) is 1. The molecule has 0 bridgehead atoms. The lowest BCUT2D eigenvalue weighted by Gasteiger charge is -2.30. The quantitative estimate of drug-likeness (QED) is 0.843. The van der Waals surface area contributed by atoms with Crippen molar-refractivity contribution < 1.29 is 9.53 Å². The number of nitrogens with zero attached hydrogens (tertiary/aromatic N) is 1. The molecule has 23 heavy (non-hydrogen) atoms. The van der Waals surface area contributed by atoms with E-state index in [0.29, 0.717) is 19.1 Å². The molecular weight excluding hydrogens is 288 g/mol. The number of ether oxygens (including phenoxy) is 1. The number of aldehydes is 1. The van der Waals surface area contributed by atoms with E-state index >= 15 is 0 Å². The van der Waals surface area contributed by atoms with Crippen LogP contribution in [0.5, 0.6) is 5.75 Å². The summed E-state index contributed by atoms with van der Waals surface area (Å²) >= 11 is 0. The summed E-state index contributed by atoms with van der Waals surface area (Å²) in [5.74, 6) is 1.51. The highest BCUT2D eigenvalue weighted by Gasteiger charge is 2.18. The van der Waals surface area contributed by atoms with Gasteiger partial charge in [-0.05, 0) is 51.9 Å². The SMILES string of the molecule is CC.CNC.Cc1ccc(OCN2CCC(CC=O)CC2)cc1. The zero-order valence-corrected chi connectivity index (χ0v) is 15.5. The number of benzene rings is 1. The molecule has 0 atom stereocenters. The van der Waals surface area contributed by atoms with Crippen molar-refractivity contribution in [1.82, 2.24) is 10.2 Å². The Bertz CT molecular complexity index is 385. The van der Waals surface area contributed by atoms with E-state index in [-0.39, 0.29) is 0 Å².